The van der Waals surface area contributed by atoms with Crippen LogP contribution in [-0.4, -0.2) is 30.9 Å². The van der Waals surface area contributed by atoms with Gasteiger partial charge in [-0.3, -0.25) is 9.59 Å². The monoisotopic (exact) mass is 331 g/mol. The minimum absolute atomic E-state index is 0.240. The topological polar surface area (TPSA) is 108 Å². The predicted molar refractivity (Wildman–Crippen MR) is 88.0 cm³/mol. The van der Waals surface area contributed by atoms with Crippen LogP contribution >= 0.6 is 0 Å². The summed E-state index contributed by atoms with van der Waals surface area (Å²) in [6.07, 6.45) is 0.619. The molecule has 128 valence electrons. The summed E-state index contributed by atoms with van der Waals surface area (Å²) in [6.45, 7) is 4.32. The Morgan fingerprint density at radius 2 is 1.83 bits per heavy atom. The van der Waals surface area contributed by atoms with E-state index in [1.54, 1.807) is 6.07 Å². The molecule has 0 radical (unpaired) electrons. The molecule has 0 aliphatic carbocycles. The van der Waals surface area contributed by atoms with Crippen molar-refractivity contribution in [3.63, 3.8) is 0 Å². The van der Waals surface area contributed by atoms with Gasteiger partial charge in [0.2, 0.25) is 5.91 Å². The van der Waals surface area contributed by atoms with Gasteiger partial charge in [-0.05, 0) is 36.6 Å². The molecule has 24 heavy (non-hydrogen) atoms. The van der Waals surface area contributed by atoms with Crippen LogP contribution in [0.15, 0.2) is 24.3 Å². The zero-order valence-corrected chi connectivity index (χ0v) is 13.8. The molecule has 0 heterocycles. The van der Waals surface area contributed by atoms with Crippen LogP contribution in [0.25, 0.3) is 0 Å². The van der Waals surface area contributed by atoms with Crippen molar-refractivity contribution in [2.45, 2.75) is 26.7 Å². The van der Waals surface area contributed by atoms with Crippen LogP contribution < -0.4 is 10.6 Å². The number of carbonyl (C=O) groups is 3. The molecule has 1 rings (SSSR count). The molecule has 2 N–H and O–H groups in total. The Morgan fingerprint density at radius 1 is 1.17 bits per heavy atom. The molecule has 0 unspecified atom stereocenters. The number of ether oxygens (including phenoxy) is 1. The van der Waals surface area contributed by atoms with Gasteiger partial charge in [-0.15, -0.1) is 0 Å². The van der Waals surface area contributed by atoms with Crippen molar-refractivity contribution in [1.29, 1.82) is 5.26 Å². The fourth-order valence-electron chi connectivity index (χ4n) is 1.73. The second kappa shape index (κ2) is 10.0. The van der Waals surface area contributed by atoms with Gasteiger partial charge in [0, 0.05) is 12.2 Å². The summed E-state index contributed by atoms with van der Waals surface area (Å²) in [5, 5.41) is 13.6. The summed E-state index contributed by atoms with van der Waals surface area (Å²) in [5.41, 5.74) is 0.737. The number of carbonyl (C=O) groups excluding carboxylic acids is 3. The zero-order valence-electron chi connectivity index (χ0n) is 13.8. The molecule has 7 nitrogen and oxygen atoms in total. The maximum Gasteiger partial charge on any atom is 0.338 e. The first kappa shape index (κ1) is 19.2. The van der Waals surface area contributed by atoms with E-state index in [0.29, 0.717) is 18.2 Å². The van der Waals surface area contributed by atoms with E-state index in [9.17, 15) is 14.4 Å². The highest BCUT2D eigenvalue weighted by atomic mass is 16.5. The lowest BCUT2D eigenvalue weighted by molar-refractivity contribution is -0.124. The molecule has 0 aliphatic heterocycles. The number of hydrogen-bond donors (Lipinski definition) is 2. The Kier molecular flexibility index (Phi) is 7.99. The molecule has 0 spiro atoms. The Labute approximate surface area is 141 Å². The maximum atomic E-state index is 11.8. The van der Waals surface area contributed by atoms with Crippen LogP contribution in [0.5, 0.6) is 0 Å². The highest BCUT2D eigenvalue weighted by Crippen LogP contribution is 2.11. The van der Waals surface area contributed by atoms with Gasteiger partial charge < -0.3 is 15.4 Å². The van der Waals surface area contributed by atoms with Gasteiger partial charge in [-0.25, -0.2) is 4.79 Å². The predicted octanol–water partition coefficient (Wildman–Crippen LogP) is 1.86. The third-order valence-electron chi connectivity index (χ3n) is 3.02. The molecular weight excluding hydrogens is 310 g/mol. The van der Waals surface area contributed by atoms with Crippen molar-refractivity contribution in [3.05, 3.63) is 29.8 Å². The number of nitrogens with one attached hydrogen (secondary N) is 2. The summed E-state index contributed by atoms with van der Waals surface area (Å²) in [5.74, 6) is -0.904. The molecule has 2 amide bonds. The van der Waals surface area contributed by atoms with E-state index in [0.717, 1.165) is 6.42 Å². The van der Waals surface area contributed by atoms with Gasteiger partial charge in [-0.2, -0.15) is 5.26 Å². The molecule has 0 bridgehead atoms. The third kappa shape index (κ3) is 7.40. The standard InChI is InChI=1S/C17H21N3O4/c1-12(2)8-10-19-16(22)11-24-17(23)13-3-5-14(6-4-13)20-15(21)7-9-18/h3-6,12H,7-8,10-11H2,1-2H3,(H,19,22)(H,20,21). The summed E-state index contributed by atoms with van der Waals surface area (Å²) >= 11 is 0. The van der Waals surface area contributed by atoms with Crippen LogP contribution in [-0.2, 0) is 14.3 Å². The second-order valence-electron chi connectivity index (χ2n) is 5.57. The smallest absolute Gasteiger partial charge is 0.338 e. The van der Waals surface area contributed by atoms with E-state index in [1.807, 2.05) is 0 Å². The highest BCUT2D eigenvalue weighted by molar-refractivity contribution is 5.94. The molecule has 0 fully saturated rings. The average Bonchev–Trinajstić information content (AvgIpc) is 2.53. The molecule has 0 saturated carbocycles. The first-order valence-corrected chi connectivity index (χ1v) is 7.63. The lowest BCUT2D eigenvalue weighted by Gasteiger charge is -2.08. The molecule has 0 aromatic heterocycles. The number of amides is 2. The van der Waals surface area contributed by atoms with Crippen molar-refractivity contribution in [1.82, 2.24) is 5.32 Å². The van der Waals surface area contributed by atoms with Crippen molar-refractivity contribution < 1.29 is 19.1 Å². The summed E-state index contributed by atoms with van der Waals surface area (Å²) in [7, 11) is 0. The quantitative estimate of drug-likeness (QED) is 0.707. The number of nitrogens with zero attached hydrogens (tertiary/aromatic N) is 1. The lowest BCUT2D eigenvalue weighted by atomic mass is 10.1. The number of benzene rings is 1. The minimum atomic E-state index is -0.621. The first-order valence-electron chi connectivity index (χ1n) is 7.63. The number of esters is 1. The van der Waals surface area contributed by atoms with E-state index >= 15 is 0 Å². The lowest BCUT2D eigenvalue weighted by Crippen LogP contribution is -2.30. The van der Waals surface area contributed by atoms with E-state index < -0.39 is 11.9 Å². The molecule has 1 aromatic carbocycles. The van der Waals surface area contributed by atoms with Gasteiger partial charge in [0.25, 0.3) is 5.91 Å². The van der Waals surface area contributed by atoms with Gasteiger partial charge in [-0.1, -0.05) is 13.8 Å². The van der Waals surface area contributed by atoms with E-state index in [2.05, 4.69) is 24.5 Å². The Balaban J connectivity index is 2.41. The number of hydrogen-bond acceptors (Lipinski definition) is 5. The highest BCUT2D eigenvalue weighted by Gasteiger charge is 2.10. The van der Waals surface area contributed by atoms with Crippen molar-refractivity contribution in [2.24, 2.45) is 5.92 Å². The van der Waals surface area contributed by atoms with Crippen LogP contribution in [0, 0.1) is 17.2 Å². The molecular formula is C17H21N3O4. The van der Waals surface area contributed by atoms with Gasteiger partial charge in [0.1, 0.15) is 6.42 Å². The summed E-state index contributed by atoms with van der Waals surface area (Å²) in [6, 6.07) is 7.73. The molecule has 0 saturated heterocycles. The largest absolute Gasteiger partial charge is 0.452 e. The Morgan fingerprint density at radius 3 is 2.42 bits per heavy atom. The number of rotatable bonds is 8. The molecule has 0 aliphatic rings. The zero-order chi connectivity index (χ0) is 17.9. The van der Waals surface area contributed by atoms with Crippen molar-refractivity contribution in [3.8, 4) is 6.07 Å². The van der Waals surface area contributed by atoms with Crippen LogP contribution in [0.4, 0.5) is 5.69 Å². The van der Waals surface area contributed by atoms with Crippen LogP contribution in [0.3, 0.4) is 0 Å². The maximum absolute atomic E-state index is 11.8. The molecule has 0 atom stereocenters. The van der Waals surface area contributed by atoms with E-state index in [1.165, 1.54) is 24.3 Å². The summed E-state index contributed by atoms with van der Waals surface area (Å²) < 4.78 is 4.93. The fourth-order valence-corrected chi connectivity index (χ4v) is 1.73. The van der Waals surface area contributed by atoms with Gasteiger partial charge in [0.15, 0.2) is 6.61 Å². The van der Waals surface area contributed by atoms with E-state index in [-0.39, 0.29) is 24.5 Å². The average molecular weight is 331 g/mol. The first-order chi connectivity index (χ1) is 11.4. The SMILES string of the molecule is CC(C)CCNC(=O)COC(=O)c1ccc(NC(=O)CC#N)cc1. The molecule has 1 aromatic rings. The third-order valence-corrected chi connectivity index (χ3v) is 3.02. The van der Waals surface area contributed by atoms with Gasteiger partial charge in [0.05, 0.1) is 11.6 Å². The Hall–Kier alpha value is -2.88. The molecule has 7 heteroatoms. The van der Waals surface area contributed by atoms with Crippen LogP contribution in [0.2, 0.25) is 0 Å². The number of nitriles is 1. The van der Waals surface area contributed by atoms with E-state index in [4.69, 9.17) is 10.00 Å². The second-order valence-corrected chi connectivity index (χ2v) is 5.57. The normalized spacial score (nSPS) is 9.92. The minimum Gasteiger partial charge on any atom is -0.452 e. The Bertz CT molecular complexity index is 618. The van der Waals surface area contributed by atoms with Gasteiger partial charge >= 0.3 is 5.97 Å². The van der Waals surface area contributed by atoms with Crippen molar-refractivity contribution >= 4 is 23.5 Å². The van der Waals surface area contributed by atoms with Crippen LogP contribution in [0.1, 0.15) is 37.0 Å². The van der Waals surface area contributed by atoms with Crippen molar-refractivity contribution in [2.75, 3.05) is 18.5 Å². The summed E-state index contributed by atoms with van der Waals surface area (Å²) in [4.78, 5) is 34.6. The number of anilines is 1. The fraction of sp³-hybridized carbons (Fsp3) is 0.412.